The van der Waals surface area contributed by atoms with Crippen LogP contribution in [0.1, 0.15) is 42.9 Å². The second kappa shape index (κ2) is 6.15. The van der Waals surface area contributed by atoms with Crippen molar-refractivity contribution < 1.29 is 13.9 Å². The van der Waals surface area contributed by atoms with Crippen LogP contribution in [0.15, 0.2) is 18.2 Å². The summed E-state index contributed by atoms with van der Waals surface area (Å²) >= 11 is 0. The van der Waals surface area contributed by atoms with Crippen molar-refractivity contribution in [2.24, 2.45) is 0 Å². The van der Waals surface area contributed by atoms with Crippen LogP contribution in [0.5, 0.6) is 0 Å². The third-order valence-corrected chi connectivity index (χ3v) is 3.72. The number of carbonyl (C=O) groups excluding carboxylic acids is 1. The van der Waals surface area contributed by atoms with E-state index in [1.807, 2.05) is 0 Å². The number of hydrogen-bond acceptors (Lipinski definition) is 3. The standard InChI is InChI=1S/C15H20FNO2/c1-10-7-8-11(9-13(10)16)14(15(18)19-2)17-12-5-3-4-6-12/h7-9,12,14,17H,3-6H2,1-2H3. The predicted molar refractivity (Wildman–Crippen MR) is 71.3 cm³/mol. The van der Waals surface area contributed by atoms with Crippen molar-refractivity contribution in [3.05, 3.63) is 35.1 Å². The summed E-state index contributed by atoms with van der Waals surface area (Å²) in [4.78, 5) is 11.9. The number of rotatable bonds is 4. The summed E-state index contributed by atoms with van der Waals surface area (Å²) in [6.07, 6.45) is 4.46. The minimum absolute atomic E-state index is 0.292. The van der Waals surface area contributed by atoms with E-state index in [1.165, 1.54) is 26.0 Å². The van der Waals surface area contributed by atoms with Gasteiger partial charge in [0.1, 0.15) is 11.9 Å². The molecule has 1 aliphatic carbocycles. The molecule has 0 spiro atoms. The number of benzene rings is 1. The first kappa shape index (κ1) is 14.0. The summed E-state index contributed by atoms with van der Waals surface area (Å²) < 4.78 is 18.5. The van der Waals surface area contributed by atoms with Crippen molar-refractivity contribution in [1.82, 2.24) is 5.32 Å². The molecule has 1 saturated carbocycles. The van der Waals surface area contributed by atoms with E-state index in [0.717, 1.165) is 12.8 Å². The van der Waals surface area contributed by atoms with Crippen LogP contribution in [-0.4, -0.2) is 19.1 Å². The first-order valence-electron chi connectivity index (χ1n) is 6.71. The Morgan fingerprint density at radius 3 is 2.68 bits per heavy atom. The predicted octanol–water partition coefficient (Wildman–Crippen LogP) is 2.88. The molecule has 4 heteroatoms. The number of methoxy groups -OCH3 is 1. The molecule has 0 bridgehead atoms. The lowest BCUT2D eigenvalue weighted by Crippen LogP contribution is -2.36. The molecule has 2 rings (SSSR count). The molecular formula is C15H20FNO2. The zero-order chi connectivity index (χ0) is 13.8. The van der Waals surface area contributed by atoms with Gasteiger partial charge in [0.15, 0.2) is 0 Å². The summed E-state index contributed by atoms with van der Waals surface area (Å²) in [5.74, 6) is -0.658. The fourth-order valence-electron chi connectivity index (χ4n) is 2.54. The van der Waals surface area contributed by atoms with Crippen LogP contribution in [0, 0.1) is 12.7 Å². The lowest BCUT2D eigenvalue weighted by Gasteiger charge is -2.21. The molecular weight excluding hydrogens is 245 g/mol. The Morgan fingerprint density at radius 2 is 2.11 bits per heavy atom. The second-order valence-electron chi connectivity index (χ2n) is 5.11. The monoisotopic (exact) mass is 265 g/mol. The Balaban J connectivity index is 2.20. The van der Waals surface area contributed by atoms with Gasteiger partial charge in [-0.05, 0) is 37.0 Å². The molecule has 1 aliphatic rings. The number of esters is 1. The van der Waals surface area contributed by atoms with E-state index in [1.54, 1.807) is 19.1 Å². The fraction of sp³-hybridized carbons (Fsp3) is 0.533. The Kier molecular flexibility index (Phi) is 4.53. The van der Waals surface area contributed by atoms with E-state index in [4.69, 9.17) is 4.74 Å². The van der Waals surface area contributed by atoms with Crippen molar-refractivity contribution in [3.8, 4) is 0 Å². The smallest absolute Gasteiger partial charge is 0.327 e. The van der Waals surface area contributed by atoms with Gasteiger partial charge in [-0.2, -0.15) is 0 Å². The van der Waals surface area contributed by atoms with E-state index >= 15 is 0 Å². The zero-order valence-electron chi connectivity index (χ0n) is 11.4. The van der Waals surface area contributed by atoms with E-state index in [9.17, 15) is 9.18 Å². The number of halogens is 1. The minimum Gasteiger partial charge on any atom is -0.468 e. The highest BCUT2D eigenvalue weighted by Crippen LogP contribution is 2.24. The molecule has 104 valence electrons. The topological polar surface area (TPSA) is 38.3 Å². The molecule has 3 nitrogen and oxygen atoms in total. The lowest BCUT2D eigenvalue weighted by atomic mass is 10.0. The molecule has 0 radical (unpaired) electrons. The summed E-state index contributed by atoms with van der Waals surface area (Å²) in [6.45, 7) is 1.71. The van der Waals surface area contributed by atoms with Crippen LogP contribution >= 0.6 is 0 Å². The van der Waals surface area contributed by atoms with Crippen LogP contribution < -0.4 is 5.32 Å². The van der Waals surface area contributed by atoms with Gasteiger partial charge < -0.3 is 4.74 Å². The summed E-state index contributed by atoms with van der Waals surface area (Å²) in [5.41, 5.74) is 1.20. The maximum Gasteiger partial charge on any atom is 0.327 e. The fourth-order valence-corrected chi connectivity index (χ4v) is 2.54. The Bertz CT molecular complexity index is 455. The molecule has 1 aromatic rings. The maximum atomic E-state index is 13.6. The van der Waals surface area contributed by atoms with Gasteiger partial charge in [-0.3, -0.25) is 5.32 Å². The van der Waals surface area contributed by atoms with Crippen LogP contribution in [0.3, 0.4) is 0 Å². The van der Waals surface area contributed by atoms with Gasteiger partial charge in [0, 0.05) is 6.04 Å². The number of ether oxygens (including phenoxy) is 1. The van der Waals surface area contributed by atoms with Gasteiger partial charge in [0.25, 0.3) is 0 Å². The van der Waals surface area contributed by atoms with Crippen molar-refractivity contribution in [1.29, 1.82) is 0 Å². The Labute approximate surface area is 113 Å². The van der Waals surface area contributed by atoms with Gasteiger partial charge in [-0.1, -0.05) is 25.0 Å². The van der Waals surface area contributed by atoms with Gasteiger partial charge in [-0.25, -0.2) is 9.18 Å². The molecule has 0 aliphatic heterocycles. The lowest BCUT2D eigenvalue weighted by molar-refractivity contribution is -0.143. The zero-order valence-corrected chi connectivity index (χ0v) is 11.4. The Hall–Kier alpha value is -1.42. The number of carbonyl (C=O) groups is 1. The highest BCUT2D eigenvalue weighted by Gasteiger charge is 2.26. The molecule has 1 unspecified atom stereocenters. The molecule has 1 aromatic carbocycles. The normalized spacial score (nSPS) is 17.4. The van der Waals surface area contributed by atoms with Crippen LogP contribution in [0.4, 0.5) is 4.39 Å². The number of aryl methyl sites for hydroxylation is 1. The van der Waals surface area contributed by atoms with Gasteiger partial charge in [-0.15, -0.1) is 0 Å². The quantitative estimate of drug-likeness (QED) is 0.851. The third kappa shape index (κ3) is 3.32. The summed E-state index contributed by atoms with van der Waals surface area (Å²) in [7, 11) is 1.36. The van der Waals surface area contributed by atoms with Crippen LogP contribution in [0.25, 0.3) is 0 Å². The molecule has 19 heavy (non-hydrogen) atoms. The molecule has 0 heterocycles. The summed E-state index contributed by atoms with van der Waals surface area (Å²) in [6, 6.07) is 4.62. The van der Waals surface area contributed by atoms with E-state index in [2.05, 4.69) is 5.32 Å². The molecule has 0 saturated heterocycles. The van der Waals surface area contributed by atoms with Crippen molar-refractivity contribution in [2.45, 2.75) is 44.7 Å². The van der Waals surface area contributed by atoms with Crippen molar-refractivity contribution >= 4 is 5.97 Å². The molecule has 1 N–H and O–H groups in total. The molecule has 1 atom stereocenters. The van der Waals surface area contributed by atoms with E-state index in [0.29, 0.717) is 17.2 Å². The minimum atomic E-state index is -0.580. The highest BCUT2D eigenvalue weighted by atomic mass is 19.1. The van der Waals surface area contributed by atoms with Gasteiger partial charge in [0.2, 0.25) is 0 Å². The molecule has 1 fully saturated rings. The average Bonchev–Trinajstić information content (AvgIpc) is 2.91. The first-order chi connectivity index (χ1) is 9.11. The van der Waals surface area contributed by atoms with Crippen LogP contribution in [-0.2, 0) is 9.53 Å². The van der Waals surface area contributed by atoms with Gasteiger partial charge in [0.05, 0.1) is 7.11 Å². The van der Waals surface area contributed by atoms with Gasteiger partial charge >= 0.3 is 5.97 Å². The van der Waals surface area contributed by atoms with Crippen LogP contribution in [0.2, 0.25) is 0 Å². The second-order valence-corrected chi connectivity index (χ2v) is 5.11. The average molecular weight is 265 g/mol. The Morgan fingerprint density at radius 1 is 1.42 bits per heavy atom. The third-order valence-electron chi connectivity index (χ3n) is 3.72. The highest BCUT2D eigenvalue weighted by molar-refractivity contribution is 5.77. The van der Waals surface area contributed by atoms with Crippen molar-refractivity contribution in [2.75, 3.05) is 7.11 Å². The van der Waals surface area contributed by atoms with Crippen molar-refractivity contribution in [3.63, 3.8) is 0 Å². The van der Waals surface area contributed by atoms with E-state index < -0.39 is 6.04 Å². The first-order valence-corrected chi connectivity index (χ1v) is 6.71. The molecule has 0 aromatic heterocycles. The maximum absolute atomic E-state index is 13.6. The molecule has 0 amide bonds. The number of hydrogen-bond donors (Lipinski definition) is 1. The largest absolute Gasteiger partial charge is 0.468 e. The SMILES string of the molecule is COC(=O)C(NC1CCCC1)c1ccc(C)c(F)c1. The number of nitrogens with one attached hydrogen (secondary N) is 1. The van der Waals surface area contributed by atoms with E-state index in [-0.39, 0.29) is 11.8 Å². The summed E-state index contributed by atoms with van der Waals surface area (Å²) in [5, 5.41) is 3.29.